The number of nitrogens with one attached hydrogen (secondary N) is 1. The Bertz CT molecular complexity index is 661. The van der Waals surface area contributed by atoms with E-state index in [2.05, 4.69) is 10.5 Å². The molecule has 0 spiro atoms. The smallest absolute Gasteiger partial charge is 0.267 e. The van der Waals surface area contributed by atoms with Gasteiger partial charge in [-0.25, -0.2) is 9.82 Å². The van der Waals surface area contributed by atoms with E-state index in [-0.39, 0.29) is 11.7 Å². The van der Waals surface area contributed by atoms with Gasteiger partial charge >= 0.3 is 0 Å². The summed E-state index contributed by atoms with van der Waals surface area (Å²) in [7, 11) is 0. The lowest BCUT2D eigenvalue weighted by atomic mass is 10.2. The molecule has 1 amide bonds. The molecule has 0 atom stereocenters. The number of hydrogen-bond acceptors (Lipinski definition) is 2. The molecule has 0 saturated carbocycles. The van der Waals surface area contributed by atoms with Crippen molar-refractivity contribution in [3.63, 3.8) is 0 Å². The zero-order valence-corrected chi connectivity index (χ0v) is 11.6. The molecule has 3 nitrogen and oxygen atoms in total. The third-order valence-electron chi connectivity index (χ3n) is 2.76. The van der Waals surface area contributed by atoms with Crippen LogP contribution in [0.2, 0.25) is 0 Å². The maximum atomic E-state index is 12.8. The molecular formula is C17H15FN2O. The van der Waals surface area contributed by atoms with Gasteiger partial charge in [0.1, 0.15) is 5.82 Å². The van der Waals surface area contributed by atoms with Crippen molar-refractivity contribution >= 4 is 17.7 Å². The van der Waals surface area contributed by atoms with Crippen molar-refractivity contribution in [2.45, 2.75) is 6.92 Å². The topological polar surface area (TPSA) is 41.5 Å². The van der Waals surface area contributed by atoms with Crippen molar-refractivity contribution in [3.8, 4) is 0 Å². The van der Waals surface area contributed by atoms with Crippen molar-refractivity contribution in [1.82, 2.24) is 5.43 Å². The molecule has 0 aromatic heterocycles. The number of hydrogen-bond donors (Lipinski definition) is 1. The quantitative estimate of drug-likeness (QED) is 0.675. The summed E-state index contributed by atoms with van der Waals surface area (Å²) in [6.45, 7) is 1.78. The Morgan fingerprint density at radius 3 is 2.43 bits per heavy atom. The molecule has 0 radical (unpaired) electrons. The first-order chi connectivity index (χ1) is 10.1. The molecule has 2 aromatic rings. The number of nitrogens with zero attached hydrogens (tertiary/aromatic N) is 1. The number of carbonyl (C=O) groups is 1. The fourth-order valence-electron chi connectivity index (χ4n) is 1.62. The van der Waals surface area contributed by atoms with Gasteiger partial charge in [-0.2, -0.15) is 5.10 Å². The zero-order chi connectivity index (χ0) is 15.1. The Morgan fingerprint density at radius 2 is 1.76 bits per heavy atom. The van der Waals surface area contributed by atoms with Crippen LogP contribution in [0, 0.1) is 5.82 Å². The highest BCUT2D eigenvalue weighted by Crippen LogP contribution is 2.03. The first-order valence-electron chi connectivity index (χ1n) is 6.48. The van der Waals surface area contributed by atoms with Crippen LogP contribution in [0.25, 0.3) is 6.08 Å². The van der Waals surface area contributed by atoms with Crippen LogP contribution in [0.15, 0.2) is 65.8 Å². The first kappa shape index (κ1) is 14.7. The van der Waals surface area contributed by atoms with Gasteiger partial charge in [0.2, 0.25) is 0 Å². The van der Waals surface area contributed by atoms with E-state index >= 15 is 0 Å². The van der Waals surface area contributed by atoms with Crippen LogP contribution in [-0.2, 0) is 0 Å². The van der Waals surface area contributed by atoms with Crippen LogP contribution in [0.1, 0.15) is 22.8 Å². The Hall–Kier alpha value is -2.75. The van der Waals surface area contributed by atoms with Gasteiger partial charge in [-0.05, 0) is 42.8 Å². The second kappa shape index (κ2) is 7.14. The molecule has 2 aromatic carbocycles. The molecule has 0 unspecified atom stereocenters. The summed E-state index contributed by atoms with van der Waals surface area (Å²) in [5, 5.41) is 3.97. The van der Waals surface area contributed by atoms with Crippen molar-refractivity contribution in [2.75, 3.05) is 0 Å². The monoisotopic (exact) mass is 282 g/mol. The summed E-state index contributed by atoms with van der Waals surface area (Å²) >= 11 is 0. The predicted molar refractivity (Wildman–Crippen MR) is 82.5 cm³/mol. The Balaban J connectivity index is 1.95. The zero-order valence-electron chi connectivity index (χ0n) is 11.6. The molecule has 0 aliphatic carbocycles. The predicted octanol–water partition coefficient (Wildman–Crippen LogP) is 3.64. The SMILES string of the molecule is CC(/C=C/c1ccccc1)=N/NC(=O)c1ccc(F)cc1. The van der Waals surface area contributed by atoms with Crippen molar-refractivity contribution in [3.05, 3.63) is 77.6 Å². The fourth-order valence-corrected chi connectivity index (χ4v) is 1.62. The van der Waals surface area contributed by atoms with Crippen molar-refractivity contribution in [2.24, 2.45) is 5.10 Å². The third kappa shape index (κ3) is 4.69. The van der Waals surface area contributed by atoms with E-state index in [1.54, 1.807) is 13.0 Å². The molecule has 0 aliphatic heterocycles. The van der Waals surface area contributed by atoms with E-state index in [4.69, 9.17) is 0 Å². The van der Waals surface area contributed by atoms with Crippen LogP contribution >= 0.6 is 0 Å². The van der Waals surface area contributed by atoms with Gasteiger partial charge in [-0.3, -0.25) is 4.79 Å². The van der Waals surface area contributed by atoms with Gasteiger partial charge in [-0.1, -0.05) is 36.4 Å². The normalized spacial score (nSPS) is 11.6. The highest BCUT2D eigenvalue weighted by atomic mass is 19.1. The molecule has 1 N–H and O–H groups in total. The van der Waals surface area contributed by atoms with Crippen molar-refractivity contribution in [1.29, 1.82) is 0 Å². The maximum Gasteiger partial charge on any atom is 0.271 e. The minimum absolute atomic E-state index is 0.361. The molecule has 0 fully saturated rings. The van der Waals surface area contributed by atoms with E-state index in [1.165, 1.54) is 24.3 Å². The minimum atomic E-state index is -0.378. The summed E-state index contributed by atoms with van der Waals surface area (Å²) < 4.78 is 12.8. The molecular weight excluding hydrogens is 267 g/mol. The van der Waals surface area contributed by atoms with E-state index < -0.39 is 0 Å². The number of benzene rings is 2. The molecule has 106 valence electrons. The summed E-state index contributed by atoms with van der Waals surface area (Å²) in [5.41, 5.74) is 4.50. The van der Waals surface area contributed by atoms with Gasteiger partial charge in [0.25, 0.3) is 5.91 Å². The Labute approximate surface area is 122 Å². The van der Waals surface area contributed by atoms with E-state index in [9.17, 15) is 9.18 Å². The van der Waals surface area contributed by atoms with Crippen LogP contribution in [-0.4, -0.2) is 11.6 Å². The molecule has 0 bridgehead atoms. The summed E-state index contributed by atoms with van der Waals surface area (Å²) in [4.78, 5) is 11.8. The number of halogens is 1. The van der Waals surface area contributed by atoms with E-state index in [0.29, 0.717) is 11.3 Å². The molecule has 21 heavy (non-hydrogen) atoms. The Morgan fingerprint density at radius 1 is 1.10 bits per heavy atom. The second-order valence-corrected chi connectivity index (χ2v) is 4.45. The number of allylic oxidation sites excluding steroid dienone is 1. The second-order valence-electron chi connectivity index (χ2n) is 4.45. The number of amides is 1. The first-order valence-corrected chi connectivity index (χ1v) is 6.48. The average molecular weight is 282 g/mol. The van der Waals surface area contributed by atoms with Gasteiger partial charge < -0.3 is 0 Å². The van der Waals surface area contributed by atoms with Crippen molar-refractivity contribution < 1.29 is 9.18 Å². The van der Waals surface area contributed by atoms with Crippen LogP contribution in [0.3, 0.4) is 0 Å². The molecule has 4 heteroatoms. The number of hydrazone groups is 1. The van der Waals surface area contributed by atoms with Gasteiger partial charge in [0, 0.05) is 5.56 Å². The highest BCUT2D eigenvalue weighted by Gasteiger charge is 2.03. The molecule has 0 aliphatic rings. The van der Waals surface area contributed by atoms with E-state index in [1.807, 2.05) is 36.4 Å². The van der Waals surface area contributed by atoms with Gasteiger partial charge in [-0.15, -0.1) is 0 Å². The minimum Gasteiger partial charge on any atom is -0.267 e. The average Bonchev–Trinajstić information content (AvgIpc) is 2.52. The summed E-state index contributed by atoms with van der Waals surface area (Å²) in [6, 6.07) is 15.1. The lowest BCUT2D eigenvalue weighted by Crippen LogP contribution is -2.18. The fraction of sp³-hybridized carbons (Fsp3) is 0.0588. The van der Waals surface area contributed by atoms with E-state index in [0.717, 1.165) is 5.56 Å². The van der Waals surface area contributed by atoms with Crippen LogP contribution < -0.4 is 5.43 Å². The lowest BCUT2D eigenvalue weighted by Gasteiger charge is -2.00. The summed E-state index contributed by atoms with van der Waals surface area (Å²) in [6.07, 6.45) is 3.71. The number of carbonyl (C=O) groups excluding carboxylic acids is 1. The van der Waals surface area contributed by atoms with Crippen LogP contribution in [0.4, 0.5) is 4.39 Å². The molecule has 2 rings (SSSR count). The van der Waals surface area contributed by atoms with Gasteiger partial charge in [0.15, 0.2) is 0 Å². The molecule has 0 heterocycles. The molecule has 0 saturated heterocycles. The highest BCUT2D eigenvalue weighted by molar-refractivity contribution is 5.99. The largest absolute Gasteiger partial charge is 0.271 e. The third-order valence-corrected chi connectivity index (χ3v) is 2.76. The standard InChI is InChI=1S/C17H15FN2O/c1-13(7-8-14-5-3-2-4-6-14)19-20-17(21)15-9-11-16(18)12-10-15/h2-12H,1H3,(H,20,21)/b8-7+,19-13-. The lowest BCUT2D eigenvalue weighted by molar-refractivity contribution is 0.0955. The maximum absolute atomic E-state index is 12.8. The number of rotatable bonds is 4. The van der Waals surface area contributed by atoms with Gasteiger partial charge in [0.05, 0.1) is 5.71 Å². The Kier molecular flexibility index (Phi) is 4.99. The van der Waals surface area contributed by atoms with Crippen LogP contribution in [0.5, 0.6) is 0 Å². The summed E-state index contributed by atoms with van der Waals surface area (Å²) in [5.74, 6) is -0.750.